The minimum Gasteiger partial charge on any atom is -0.293 e. The van der Waals surface area contributed by atoms with Gasteiger partial charge < -0.3 is 0 Å². The third-order valence-corrected chi connectivity index (χ3v) is 2.34. The quantitative estimate of drug-likeness (QED) is 0.712. The fourth-order valence-corrected chi connectivity index (χ4v) is 1.36. The van der Waals surface area contributed by atoms with E-state index in [1.807, 2.05) is 6.07 Å². The molecular weight excluding hydrogens is 193 g/mol. The summed E-state index contributed by atoms with van der Waals surface area (Å²) in [6.07, 6.45) is 0.405. The number of rotatable bonds is 3. The Morgan fingerprint density at radius 1 is 1.60 bits per heavy atom. The van der Waals surface area contributed by atoms with Crippen LogP contribution in [0, 0.1) is 30.0 Å². The van der Waals surface area contributed by atoms with Gasteiger partial charge in [0.25, 0.3) is 0 Å². The number of hydrogen-bond donors (Lipinski definition) is 0. The highest BCUT2D eigenvalue weighted by atomic mass is 19.1. The Hall–Kier alpha value is -1.69. The summed E-state index contributed by atoms with van der Waals surface area (Å²) in [6.45, 7) is 3.33. The summed E-state index contributed by atoms with van der Waals surface area (Å²) >= 11 is 0. The number of nitriles is 1. The largest absolute Gasteiger partial charge is 0.293 e. The molecular formula is C12H12FNO. The monoisotopic (exact) mass is 205 g/mol. The van der Waals surface area contributed by atoms with Crippen LogP contribution in [0.15, 0.2) is 18.2 Å². The number of hydrogen-bond acceptors (Lipinski definition) is 2. The number of Topliss-reactive ketones (excluding diaryl/α,β-unsaturated/α-hetero) is 1. The fourth-order valence-electron chi connectivity index (χ4n) is 1.36. The second-order valence-corrected chi connectivity index (χ2v) is 3.39. The summed E-state index contributed by atoms with van der Waals surface area (Å²) in [6, 6.07) is 6.52. The van der Waals surface area contributed by atoms with Gasteiger partial charge >= 0.3 is 0 Å². The van der Waals surface area contributed by atoms with Crippen LogP contribution in [0.25, 0.3) is 0 Å². The molecule has 0 radical (unpaired) electrons. The summed E-state index contributed by atoms with van der Waals surface area (Å²) < 4.78 is 13.6. The molecule has 1 atom stereocenters. The molecule has 0 aliphatic carbocycles. The van der Waals surface area contributed by atoms with Crippen molar-refractivity contribution in [3.8, 4) is 6.07 Å². The Morgan fingerprint density at radius 2 is 2.27 bits per heavy atom. The van der Waals surface area contributed by atoms with Crippen LogP contribution in [0.3, 0.4) is 0 Å². The summed E-state index contributed by atoms with van der Waals surface area (Å²) in [5, 5.41) is 8.72. The van der Waals surface area contributed by atoms with E-state index >= 15 is 0 Å². The van der Waals surface area contributed by atoms with Crippen LogP contribution in [0.4, 0.5) is 4.39 Å². The van der Waals surface area contributed by atoms with Crippen LogP contribution in [-0.4, -0.2) is 5.78 Å². The van der Waals surface area contributed by atoms with Crippen molar-refractivity contribution < 1.29 is 9.18 Å². The molecule has 1 aromatic carbocycles. The van der Waals surface area contributed by atoms with E-state index in [2.05, 4.69) is 0 Å². The molecule has 0 N–H and O–H groups in total. The van der Waals surface area contributed by atoms with Crippen molar-refractivity contribution in [1.29, 1.82) is 5.26 Å². The topological polar surface area (TPSA) is 40.9 Å². The van der Waals surface area contributed by atoms with Crippen LogP contribution in [0.5, 0.6) is 0 Å². The Kier molecular flexibility index (Phi) is 3.56. The Balaban J connectivity index is 3.13. The molecule has 0 aliphatic heterocycles. The van der Waals surface area contributed by atoms with Crippen molar-refractivity contribution in [1.82, 2.24) is 0 Å². The van der Waals surface area contributed by atoms with Crippen LogP contribution in [-0.2, 0) is 0 Å². The summed E-state index contributed by atoms with van der Waals surface area (Å²) in [5.41, 5.74) is 0.442. The maximum Gasteiger partial charge on any atom is 0.182 e. The molecule has 0 amide bonds. The molecule has 0 heterocycles. The molecule has 0 spiro atoms. The standard InChI is InChI=1S/C12H12FNO/c1-3-9(7-14)12(15)10-6-4-5-8(2)11(10)13/h4-6,9H,3H2,1-2H3. The van der Waals surface area contributed by atoms with E-state index in [9.17, 15) is 9.18 Å². The molecule has 0 saturated heterocycles. The SMILES string of the molecule is CCC(C#N)C(=O)c1cccc(C)c1F. The zero-order chi connectivity index (χ0) is 11.4. The maximum absolute atomic E-state index is 13.6. The number of carbonyl (C=O) groups excluding carboxylic acids is 1. The molecule has 1 aromatic rings. The lowest BCUT2D eigenvalue weighted by molar-refractivity contribution is 0.0942. The van der Waals surface area contributed by atoms with Gasteiger partial charge in [-0.05, 0) is 25.0 Å². The predicted molar refractivity (Wildman–Crippen MR) is 54.9 cm³/mol. The first-order valence-electron chi connectivity index (χ1n) is 4.80. The molecule has 78 valence electrons. The lowest BCUT2D eigenvalue weighted by Crippen LogP contribution is -2.14. The number of carbonyl (C=O) groups is 1. The molecule has 0 aliphatic rings. The Bertz CT molecular complexity index is 420. The average Bonchev–Trinajstić information content (AvgIpc) is 2.23. The summed E-state index contributed by atoms with van der Waals surface area (Å²) in [5.74, 6) is -1.70. The van der Waals surface area contributed by atoms with E-state index in [1.165, 1.54) is 6.07 Å². The molecule has 15 heavy (non-hydrogen) atoms. The highest BCUT2D eigenvalue weighted by molar-refractivity contribution is 5.99. The molecule has 3 heteroatoms. The Labute approximate surface area is 88.3 Å². The van der Waals surface area contributed by atoms with Gasteiger partial charge in [0.15, 0.2) is 5.78 Å². The molecule has 0 saturated carbocycles. The molecule has 1 rings (SSSR count). The van der Waals surface area contributed by atoms with Crippen LogP contribution in [0.1, 0.15) is 29.3 Å². The minimum absolute atomic E-state index is 0.0170. The van der Waals surface area contributed by atoms with Crippen molar-refractivity contribution >= 4 is 5.78 Å². The van der Waals surface area contributed by atoms with Gasteiger partial charge in [-0.15, -0.1) is 0 Å². The van der Waals surface area contributed by atoms with Crippen molar-refractivity contribution in [2.24, 2.45) is 5.92 Å². The minimum atomic E-state index is -0.749. The second kappa shape index (κ2) is 4.70. The summed E-state index contributed by atoms with van der Waals surface area (Å²) in [7, 11) is 0. The van der Waals surface area contributed by atoms with Crippen molar-refractivity contribution in [2.45, 2.75) is 20.3 Å². The number of ketones is 1. The fraction of sp³-hybridized carbons (Fsp3) is 0.333. The smallest absolute Gasteiger partial charge is 0.182 e. The first kappa shape index (κ1) is 11.4. The van der Waals surface area contributed by atoms with E-state index in [-0.39, 0.29) is 5.56 Å². The number of halogens is 1. The molecule has 0 aromatic heterocycles. The Morgan fingerprint density at radius 3 is 2.80 bits per heavy atom. The number of nitrogens with zero attached hydrogens (tertiary/aromatic N) is 1. The van der Waals surface area contributed by atoms with Gasteiger partial charge in [0, 0.05) is 0 Å². The van der Waals surface area contributed by atoms with Crippen LogP contribution < -0.4 is 0 Å². The van der Waals surface area contributed by atoms with Crippen molar-refractivity contribution in [3.05, 3.63) is 35.1 Å². The number of benzene rings is 1. The zero-order valence-corrected chi connectivity index (χ0v) is 8.75. The van der Waals surface area contributed by atoms with E-state index < -0.39 is 17.5 Å². The molecule has 0 bridgehead atoms. The van der Waals surface area contributed by atoms with Gasteiger partial charge in [0.1, 0.15) is 11.7 Å². The van der Waals surface area contributed by atoms with Crippen molar-refractivity contribution in [2.75, 3.05) is 0 Å². The van der Waals surface area contributed by atoms with Crippen LogP contribution in [0.2, 0.25) is 0 Å². The van der Waals surface area contributed by atoms with Gasteiger partial charge in [-0.25, -0.2) is 4.39 Å². The van der Waals surface area contributed by atoms with E-state index in [1.54, 1.807) is 26.0 Å². The second-order valence-electron chi connectivity index (χ2n) is 3.39. The normalized spacial score (nSPS) is 11.9. The van der Waals surface area contributed by atoms with Gasteiger partial charge in [-0.3, -0.25) is 4.79 Å². The lowest BCUT2D eigenvalue weighted by Gasteiger charge is -2.07. The van der Waals surface area contributed by atoms with Gasteiger partial charge in [0.05, 0.1) is 11.6 Å². The first-order valence-corrected chi connectivity index (χ1v) is 4.80. The molecule has 0 fully saturated rings. The highest BCUT2D eigenvalue weighted by Crippen LogP contribution is 2.17. The number of aryl methyl sites for hydroxylation is 1. The third kappa shape index (κ3) is 2.21. The van der Waals surface area contributed by atoms with Crippen LogP contribution >= 0.6 is 0 Å². The zero-order valence-electron chi connectivity index (χ0n) is 8.75. The van der Waals surface area contributed by atoms with E-state index in [4.69, 9.17) is 5.26 Å². The highest BCUT2D eigenvalue weighted by Gasteiger charge is 2.21. The van der Waals surface area contributed by atoms with Gasteiger partial charge in [-0.2, -0.15) is 5.26 Å². The van der Waals surface area contributed by atoms with Gasteiger partial charge in [0.2, 0.25) is 0 Å². The maximum atomic E-state index is 13.6. The molecule has 1 unspecified atom stereocenters. The summed E-state index contributed by atoms with van der Waals surface area (Å²) in [4.78, 5) is 11.7. The third-order valence-electron chi connectivity index (χ3n) is 2.34. The first-order chi connectivity index (χ1) is 7.11. The average molecular weight is 205 g/mol. The van der Waals surface area contributed by atoms with Crippen molar-refractivity contribution in [3.63, 3.8) is 0 Å². The van der Waals surface area contributed by atoms with E-state index in [0.29, 0.717) is 12.0 Å². The van der Waals surface area contributed by atoms with Gasteiger partial charge in [-0.1, -0.05) is 19.1 Å². The lowest BCUT2D eigenvalue weighted by atomic mass is 9.95. The predicted octanol–water partition coefficient (Wildman–Crippen LogP) is 2.87. The molecule has 2 nitrogen and oxygen atoms in total. The van der Waals surface area contributed by atoms with E-state index in [0.717, 1.165) is 0 Å².